The second kappa shape index (κ2) is 7.64. The number of methoxy groups -OCH3 is 2. The van der Waals surface area contributed by atoms with Crippen LogP contribution in [0.4, 0.5) is 5.69 Å². The molecule has 2 rings (SSSR count). The first-order chi connectivity index (χ1) is 11.0. The van der Waals surface area contributed by atoms with Crippen LogP contribution in [0.25, 0.3) is 0 Å². The smallest absolute Gasteiger partial charge is 0.337 e. The number of nitrogens with one attached hydrogen (secondary N) is 1. The Balaban J connectivity index is 2.10. The SMILES string of the molecule is COC(=O)c1ccc(N/N=C/c2cc(Br)cc(OC)c2O)cc1. The van der Waals surface area contributed by atoms with E-state index in [4.69, 9.17) is 4.74 Å². The van der Waals surface area contributed by atoms with Crippen LogP contribution in [-0.2, 0) is 4.74 Å². The molecule has 0 bridgehead atoms. The summed E-state index contributed by atoms with van der Waals surface area (Å²) in [6, 6.07) is 10.0. The summed E-state index contributed by atoms with van der Waals surface area (Å²) in [6.07, 6.45) is 1.47. The third-order valence-electron chi connectivity index (χ3n) is 2.99. The quantitative estimate of drug-likeness (QED) is 0.473. The Morgan fingerprint density at radius 2 is 1.96 bits per heavy atom. The second-order valence-electron chi connectivity index (χ2n) is 4.48. The second-order valence-corrected chi connectivity index (χ2v) is 5.40. The van der Waals surface area contributed by atoms with Gasteiger partial charge in [0.05, 0.1) is 31.7 Å². The van der Waals surface area contributed by atoms with Gasteiger partial charge in [-0.05, 0) is 36.4 Å². The molecule has 0 saturated heterocycles. The first-order valence-corrected chi connectivity index (χ1v) is 7.38. The standard InChI is InChI=1S/C16H15BrN2O4/c1-22-14-8-12(17)7-11(15(14)20)9-18-19-13-5-3-10(4-6-13)16(21)23-2/h3-9,19-20H,1-2H3/b18-9+. The number of phenolic OH excluding ortho intramolecular Hbond substituents is 1. The zero-order valence-electron chi connectivity index (χ0n) is 12.5. The van der Waals surface area contributed by atoms with Crippen molar-refractivity contribution in [1.82, 2.24) is 0 Å². The summed E-state index contributed by atoms with van der Waals surface area (Å²) >= 11 is 3.34. The number of phenols is 1. The molecule has 0 radical (unpaired) electrons. The Bertz CT molecular complexity index is 730. The van der Waals surface area contributed by atoms with E-state index in [0.29, 0.717) is 22.6 Å². The Morgan fingerprint density at radius 3 is 2.57 bits per heavy atom. The molecule has 0 aliphatic carbocycles. The fourth-order valence-corrected chi connectivity index (χ4v) is 2.28. The van der Waals surface area contributed by atoms with Crippen LogP contribution in [0, 0.1) is 0 Å². The fraction of sp³-hybridized carbons (Fsp3) is 0.125. The predicted octanol–water partition coefficient (Wildman–Crippen LogP) is 3.40. The van der Waals surface area contributed by atoms with Gasteiger partial charge in [-0.1, -0.05) is 15.9 Å². The number of rotatable bonds is 5. The van der Waals surface area contributed by atoms with Crippen molar-refractivity contribution < 1.29 is 19.4 Å². The molecular weight excluding hydrogens is 364 g/mol. The molecule has 0 aliphatic heterocycles. The van der Waals surface area contributed by atoms with Gasteiger partial charge in [-0.2, -0.15) is 5.10 Å². The van der Waals surface area contributed by atoms with Gasteiger partial charge in [-0.3, -0.25) is 5.43 Å². The Labute approximate surface area is 141 Å². The van der Waals surface area contributed by atoms with Gasteiger partial charge >= 0.3 is 5.97 Å². The van der Waals surface area contributed by atoms with Gasteiger partial charge in [0, 0.05) is 10.0 Å². The molecule has 7 heteroatoms. The van der Waals surface area contributed by atoms with Crippen LogP contribution in [0.5, 0.6) is 11.5 Å². The molecule has 0 atom stereocenters. The third kappa shape index (κ3) is 4.23. The number of benzene rings is 2. The number of carbonyl (C=O) groups is 1. The van der Waals surface area contributed by atoms with Crippen LogP contribution in [0.3, 0.4) is 0 Å². The summed E-state index contributed by atoms with van der Waals surface area (Å²) in [5.41, 5.74) is 4.45. The van der Waals surface area contributed by atoms with E-state index in [0.717, 1.165) is 4.47 Å². The van der Waals surface area contributed by atoms with Gasteiger partial charge in [0.2, 0.25) is 0 Å². The van der Waals surface area contributed by atoms with Gasteiger partial charge in [-0.25, -0.2) is 4.79 Å². The van der Waals surface area contributed by atoms with Crippen molar-refractivity contribution in [1.29, 1.82) is 0 Å². The number of aromatic hydroxyl groups is 1. The molecule has 2 aromatic rings. The van der Waals surface area contributed by atoms with Gasteiger partial charge in [-0.15, -0.1) is 0 Å². The van der Waals surface area contributed by atoms with Crippen molar-refractivity contribution in [2.75, 3.05) is 19.6 Å². The highest BCUT2D eigenvalue weighted by atomic mass is 79.9. The lowest BCUT2D eigenvalue weighted by Crippen LogP contribution is -2.00. The highest BCUT2D eigenvalue weighted by Gasteiger charge is 2.08. The van der Waals surface area contributed by atoms with E-state index in [1.807, 2.05) is 0 Å². The molecule has 0 aromatic heterocycles. The summed E-state index contributed by atoms with van der Waals surface area (Å²) in [5.74, 6) is -0.0447. The molecule has 0 heterocycles. The van der Waals surface area contributed by atoms with Crippen LogP contribution in [0.1, 0.15) is 15.9 Å². The van der Waals surface area contributed by atoms with Gasteiger partial charge in [0.15, 0.2) is 11.5 Å². The van der Waals surface area contributed by atoms with E-state index in [9.17, 15) is 9.90 Å². The number of anilines is 1. The van der Waals surface area contributed by atoms with Crippen LogP contribution in [0.2, 0.25) is 0 Å². The lowest BCUT2D eigenvalue weighted by molar-refractivity contribution is 0.0601. The largest absolute Gasteiger partial charge is 0.504 e. The molecule has 0 fully saturated rings. The Kier molecular flexibility index (Phi) is 5.59. The van der Waals surface area contributed by atoms with E-state index in [1.165, 1.54) is 20.4 Å². The molecule has 120 valence electrons. The molecule has 2 N–H and O–H groups in total. The molecule has 0 amide bonds. The molecule has 0 aliphatic rings. The van der Waals surface area contributed by atoms with Crippen molar-refractivity contribution >= 4 is 33.8 Å². The van der Waals surface area contributed by atoms with E-state index in [-0.39, 0.29) is 5.75 Å². The third-order valence-corrected chi connectivity index (χ3v) is 3.45. The summed E-state index contributed by atoms with van der Waals surface area (Å²) < 4.78 is 10.5. The maximum absolute atomic E-state index is 11.3. The topological polar surface area (TPSA) is 80.2 Å². The average molecular weight is 379 g/mol. The number of esters is 1. The van der Waals surface area contributed by atoms with Crippen LogP contribution in [-0.4, -0.2) is 31.5 Å². The van der Waals surface area contributed by atoms with Crippen molar-refractivity contribution in [3.63, 3.8) is 0 Å². The van der Waals surface area contributed by atoms with E-state index in [1.54, 1.807) is 36.4 Å². The minimum absolute atomic E-state index is 0.00212. The minimum atomic E-state index is -0.397. The van der Waals surface area contributed by atoms with Gasteiger partial charge in [0.25, 0.3) is 0 Å². The highest BCUT2D eigenvalue weighted by molar-refractivity contribution is 9.10. The summed E-state index contributed by atoms with van der Waals surface area (Å²) in [7, 11) is 2.81. The lowest BCUT2D eigenvalue weighted by atomic mass is 10.2. The van der Waals surface area contributed by atoms with Crippen molar-refractivity contribution in [2.45, 2.75) is 0 Å². The molecule has 2 aromatic carbocycles. The maximum atomic E-state index is 11.3. The van der Waals surface area contributed by atoms with Crippen molar-refractivity contribution in [2.24, 2.45) is 5.10 Å². The molecule has 23 heavy (non-hydrogen) atoms. The highest BCUT2D eigenvalue weighted by Crippen LogP contribution is 2.32. The van der Waals surface area contributed by atoms with Crippen molar-refractivity contribution in [3.05, 3.63) is 52.0 Å². The van der Waals surface area contributed by atoms with E-state index in [2.05, 4.69) is 31.2 Å². The van der Waals surface area contributed by atoms with Crippen molar-refractivity contribution in [3.8, 4) is 11.5 Å². The van der Waals surface area contributed by atoms with Crippen LogP contribution >= 0.6 is 15.9 Å². The molecule has 0 saturated carbocycles. The lowest BCUT2D eigenvalue weighted by Gasteiger charge is -2.07. The van der Waals surface area contributed by atoms with E-state index >= 15 is 0 Å². The number of hydrazone groups is 1. The van der Waals surface area contributed by atoms with E-state index < -0.39 is 5.97 Å². The van der Waals surface area contributed by atoms with Crippen LogP contribution in [0.15, 0.2) is 46.0 Å². The number of carbonyl (C=O) groups excluding carboxylic acids is 1. The first kappa shape index (κ1) is 16.8. The monoisotopic (exact) mass is 378 g/mol. The number of hydrogen-bond acceptors (Lipinski definition) is 6. The number of hydrogen-bond donors (Lipinski definition) is 2. The molecule has 0 spiro atoms. The molecule has 6 nitrogen and oxygen atoms in total. The average Bonchev–Trinajstić information content (AvgIpc) is 2.57. The van der Waals surface area contributed by atoms with Crippen LogP contribution < -0.4 is 10.2 Å². The van der Waals surface area contributed by atoms with Gasteiger partial charge in [0.1, 0.15) is 0 Å². The maximum Gasteiger partial charge on any atom is 0.337 e. The Morgan fingerprint density at radius 1 is 1.26 bits per heavy atom. The summed E-state index contributed by atoms with van der Waals surface area (Å²) in [6.45, 7) is 0. The summed E-state index contributed by atoms with van der Waals surface area (Å²) in [5, 5.41) is 14.1. The number of ether oxygens (including phenoxy) is 2. The number of nitrogens with zero attached hydrogens (tertiary/aromatic N) is 1. The zero-order chi connectivity index (χ0) is 16.8. The van der Waals surface area contributed by atoms with Gasteiger partial charge < -0.3 is 14.6 Å². The molecule has 0 unspecified atom stereocenters. The Hall–Kier alpha value is -2.54. The summed E-state index contributed by atoms with van der Waals surface area (Å²) in [4.78, 5) is 11.3. The normalized spacial score (nSPS) is 10.6. The molecular formula is C16H15BrN2O4. The zero-order valence-corrected chi connectivity index (χ0v) is 14.1. The number of halogens is 1. The first-order valence-electron chi connectivity index (χ1n) is 6.59. The minimum Gasteiger partial charge on any atom is -0.504 e. The fourth-order valence-electron chi connectivity index (χ4n) is 1.82. The predicted molar refractivity (Wildman–Crippen MR) is 91.4 cm³/mol.